The lowest BCUT2D eigenvalue weighted by atomic mass is 10.1. The number of carbonyl (C=O) groups is 2. The highest BCUT2D eigenvalue weighted by Gasteiger charge is 2.27. The monoisotopic (exact) mass is 375 g/mol. The summed E-state index contributed by atoms with van der Waals surface area (Å²) in [7, 11) is 0. The first-order chi connectivity index (χ1) is 13.7. The molecule has 0 spiro atoms. The van der Waals surface area contributed by atoms with Crippen LogP contribution < -0.4 is 10.6 Å². The van der Waals surface area contributed by atoms with Crippen LogP contribution in [-0.4, -0.2) is 26.3 Å². The van der Waals surface area contributed by atoms with Gasteiger partial charge in [0, 0.05) is 31.2 Å². The number of amides is 2. The van der Waals surface area contributed by atoms with E-state index in [1.165, 1.54) is 0 Å². The van der Waals surface area contributed by atoms with Crippen molar-refractivity contribution in [2.75, 3.05) is 5.32 Å². The summed E-state index contributed by atoms with van der Waals surface area (Å²) in [4.78, 5) is 33.9. The molecule has 142 valence electrons. The maximum absolute atomic E-state index is 12.8. The molecule has 0 fully saturated rings. The van der Waals surface area contributed by atoms with Gasteiger partial charge in [0.05, 0.1) is 5.69 Å². The Kier molecular flexibility index (Phi) is 5.14. The van der Waals surface area contributed by atoms with Crippen molar-refractivity contribution in [1.29, 1.82) is 0 Å². The topological polar surface area (TPSA) is 88.9 Å². The fraction of sp³-hybridized carbons (Fsp3) is 0.238. The molecule has 0 atom stereocenters. The van der Waals surface area contributed by atoms with Crippen molar-refractivity contribution in [2.45, 2.75) is 32.4 Å². The Balaban J connectivity index is 1.56. The number of nitrogens with one attached hydrogen (secondary N) is 2. The van der Waals surface area contributed by atoms with Crippen LogP contribution in [0.5, 0.6) is 0 Å². The Morgan fingerprint density at radius 2 is 1.79 bits per heavy atom. The third kappa shape index (κ3) is 3.78. The summed E-state index contributed by atoms with van der Waals surface area (Å²) in [5.74, 6) is -0.281. The van der Waals surface area contributed by atoms with Crippen LogP contribution in [0.1, 0.15) is 45.2 Å². The van der Waals surface area contributed by atoms with E-state index in [1.54, 1.807) is 12.4 Å². The van der Waals surface area contributed by atoms with E-state index < -0.39 is 0 Å². The van der Waals surface area contributed by atoms with Crippen molar-refractivity contribution in [3.8, 4) is 0 Å². The minimum absolute atomic E-state index is 0.263. The predicted octanol–water partition coefficient (Wildman–Crippen LogP) is 2.80. The first kappa shape index (κ1) is 17.9. The van der Waals surface area contributed by atoms with Crippen molar-refractivity contribution >= 4 is 17.5 Å². The number of pyridine rings is 1. The van der Waals surface area contributed by atoms with E-state index >= 15 is 0 Å². The minimum atomic E-state index is -0.303. The zero-order valence-electron chi connectivity index (χ0n) is 15.4. The zero-order valence-corrected chi connectivity index (χ0v) is 15.4. The number of rotatable bonds is 5. The number of para-hydroxylation sites is 1. The molecule has 1 aromatic carbocycles. The predicted molar refractivity (Wildman–Crippen MR) is 105 cm³/mol. The Hall–Kier alpha value is -3.48. The van der Waals surface area contributed by atoms with E-state index in [-0.39, 0.29) is 17.6 Å². The van der Waals surface area contributed by atoms with Gasteiger partial charge in [-0.1, -0.05) is 18.2 Å². The van der Waals surface area contributed by atoms with Gasteiger partial charge >= 0.3 is 0 Å². The second-order valence-electron chi connectivity index (χ2n) is 6.70. The number of fused-ring (bicyclic) bond motifs is 1. The molecule has 4 rings (SSSR count). The van der Waals surface area contributed by atoms with Crippen LogP contribution in [0.4, 0.5) is 5.69 Å². The maximum Gasteiger partial charge on any atom is 0.291 e. The van der Waals surface area contributed by atoms with Gasteiger partial charge in [-0.15, -0.1) is 0 Å². The highest BCUT2D eigenvalue weighted by atomic mass is 16.2. The summed E-state index contributed by atoms with van der Waals surface area (Å²) in [6, 6.07) is 12.9. The van der Waals surface area contributed by atoms with Crippen LogP contribution in [0.3, 0.4) is 0 Å². The molecule has 0 aliphatic carbocycles. The van der Waals surface area contributed by atoms with Gasteiger partial charge in [0.1, 0.15) is 5.69 Å². The van der Waals surface area contributed by atoms with Gasteiger partial charge in [0.15, 0.2) is 5.82 Å². The van der Waals surface area contributed by atoms with Gasteiger partial charge in [0.25, 0.3) is 11.8 Å². The van der Waals surface area contributed by atoms with Gasteiger partial charge in [-0.3, -0.25) is 14.6 Å². The highest BCUT2D eigenvalue weighted by Crippen LogP contribution is 2.22. The molecule has 7 heteroatoms. The van der Waals surface area contributed by atoms with Crippen LogP contribution in [-0.2, 0) is 19.5 Å². The fourth-order valence-corrected chi connectivity index (χ4v) is 3.37. The lowest BCUT2D eigenvalue weighted by Crippen LogP contribution is -2.25. The average Bonchev–Trinajstić information content (AvgIpc) is 3.13. The number of anilines is 1. The molecule has 3 heterocycles. The molecule has 3 aromatic rings. The van der Waals surface area contributed by atoms with Crippen molar-refractivity contribution < 1.29 is 9.59 Å². The standard InChI is InChI=1S/C21H21N5O2/c27-20(23-14-15-9-11-22-12-10-15)18-17-8-4-5-13-26(17)19(25-18)21(28)24-16-6-2-1-3-7-16/h1-3,6-7,9-12H,4-5,8,13-14H2,(H,23,27)(H,24,28). The van der Waals surface area contributed by atoms with Crippen LogP contribution in [0, 0.1) is 0 Å². The fourth-order valence-electron chi connectivity index (χ4n) is 3.37. The summed E-state index contributed by atoms with van der Waals surface area (Å²) in [5.41, 5.74) is 2.83. The smallest absolute Gasteiger partial charge is 0.291 e. The second-order valence-corrected chi connectivity index (χ2v) is 6.70. The lowest BCUT2D eigenvalue weighted by Gasteiger charge is -2.17. The molecule has 28 heavy (non-hydrogen) atoms. The molecular weight excluding hydrogens is 354 g/mol. The normalized spacial score (nSPS) is 12.9. The van der Waals surface area contributed by atoms with Gasteiger partial charge < -0.3 is 15.2 Å². The van der Waals surface area contributed by atoms with Crippen molar-refractivity contribution in [2.24, 2.45) is 0 Å². The van der Waals surface area contributed by atoms with Crippen molar-refractivity contribution in [3.63, 3.8) is 0 Å². The van der Waals surface area contributed by atoms with Crippen LogP contribution in [0.2, 0.25) is 0 Å². The number of hydrogen-bond acceptors (Lipinski definition) is 4. The van der Waals surface area contributed by atoms with E-state index in [0.717, 1.165) is 30.5 Å². The molecule has 2 aromatic heterocycles. The number of aromatic nitrogens is 3. The first-order valence-corrected chi connectivity index (χ1v) is 9.35. The highest BCUT2D eigenvalue weighted by molar-refractivity contribution is 6.03. The zero-order chi connectivity index (χ0) is 19.3. The maximum atomic E-state index is 12.8. The third-order valence-electron chi connectivity index (χ3n) is 4.77. The SMILES string of the molecule is O=C(NCc1ccncc1)c1nc(C(=O)Nc2ccccc2)n2c1CCCC2. The summed E-state index contributed by atoms with van der Waals surface area (Å²) in [6.45, 7) is 1.08. The van der Waals surface area contributed by atoms with Crippen LogP contribution >= 0.6 is 0 Å². The van der Waals surface area contributed by atoms with E-state index in [4.69, 9.17) is 0 Å². The molecule has 0 bridgehead atoms. The number of benzene rings is 1. The van der Waals surface area contributed by atoms with Crippen molar-refractivity contribution in [1.82, 2.24) is 19.9 Å². The molecule has 7 nitrogen and oxygen atoms in total. The number of carbonyl (C=O) groups excluding carboxylic acids is 2. The molecule has 2 amide bonds. The number of nitrogens with zero attached hydrogens (tertiary/aromatic N) is 3. The van der Waals surface area contributed by atoms with Crippen LogP contribution in [0.25, 0.3) is 0 Å². The van der Waals surface area contributed by atoms with Gasteiger partial charge in [-0.25, -0.2) is 4.98 Å². The minimum Gasteiger partial charge on any atom is -0.347 e. The van der Waals surface area contributed by atoms with Crippen molar-refractivity contribution in [3.05, 3.63) is 77.6 Å². The Labute approximate surface area is 162 Å². The molecule has 0 saturated carbocycles. The Bertz CT molecular complexity index is 983. The Morgan fingerprint density at radius 1 is 1.00 bits per heavy atom. The lowest BCUT2D eigenvalue weighted by molar-refractivity contribution is 0.0945. The van der Waals surface area contributed by atoms with Gasteiger partial charge in [-0.2, -0.15) is 0 Å². The van der Waals surface area contributed by atoms with Crippen LogP contribution in [0.15, 0.2) is 54.9 Å². The molecule has 1 aliphatic heterocycles. The first-order valence-electron chi connectivity index (χ1n) is 9.35. The van der Waals surface area contributed by atoms with Gasteiger partial charge in [-0.05, 0) is 49.1 Å². The van der Waals surface area contributed by atoms with Gasteiger partial charge in [0.2, 0.25) is 0 Å². The van der Waals surface area contributed by atoms with E-state index in [9.17, 15) is 9.59 Å². The second kappa shape index (κ2) is 8.04. The molecule has 2 N–H and O–H groups in total. The molecule has 0 unspecified atom stereocenters. The van der Waals surface area contributed by atoms with E-state index in [1.807, 2.05) is 47.0 Å². The third-order valence-corrected chi connectivity index (χ3v) is 4.77. The summed E-state index contributed by atoms with van der Waals surface area (Å²) in [6.07, 6.45) is 6.06. The summed E-state index contributed by atoms with van der Waals surface area (Å²) >= 11 is 0. The molecule has 1 aliphatic rings. The molecule has 0 radical (unpaired) electrons. The quantitative estimate of drug-likeness (QED) is 0.718. The van der Waals surface area contributed by atoms with E-state index in [0.29, 0.717) is 24.5 Å². The molecule has 0 saturated heterocycles. The summed E-state index contributed by atoms with van der Waals surface area (Å²) in [5, 5.41) is 5.75. The number of imidazole rings is 1. The Morgan fingerprint density at radius 3 is 2.57 bits per heavy atom. The van der Waals surface area contributed by atoms with E-state index in [2.05, 4.69) is 20.6 Å². The average molecular weight is 375 g/mol. The number of hydrogen-bond donors (Lipinski definition) is 2. The molecular formula is C21H21N5O2. The summed E-state index contributed by atoms with van der Waals surface area (Å²) < 4.78 is 1.88. The largest absolute Gasteiger partial charge is 0.347 e.